The van der Waals surface area contributed by atoms with E-state index >= 15 is 0 Å². The van der Waals surface area contributed by atoms with Crippen LogP contribution in [0, 0.1) is 0 Å². The van der Waals surface area contributed by atoms with Crippen LogP contribution < -0.4 is 0 Å². The van der Waals surface area contributed by atoms with Crippen LogP contribution in [0.1, 0.15) is 0 Å². The Kier molecular flexibility index (Phi) is 9.37. The monoisotopic (exact) mass is 464 g/mol. The summed E-state index contributed by atoms with van der Waals surface area (Å²) in [6.45, 7) is 0. The Hall–Kier alpha value is 0.937. The molecule has 0 atom stereocenters. The molecule has 0 saturated carbocycles. The van der Waals surface area contributed by atoms with Gasteiger partial charge in [-0.1, -0.05) is 7.26 Å². The van der Waals surface area contributed by atoms with E-state index in [1.54, 1.807) is 0 Å². The summed E-state index contributed by atoms with van der Waals surface area (Å²) in [5.74, 6) is 0. The fraction of sp³-hybridized carbons (Fsp3) is 0. The molecule has 2 N–H and O–H groups in total. The first kappa shape index (κ1) is 21.2. The summed E-state index contributed by atoms with van der Waals surface area (Å²) in [4.78, 5) is 0. The second-order valence-corrected chi connectivity index (χ2v) is 5.02. The molecule has 15 heteroatoms. The van der Waals surface area contributed by atoms with Crippen LogP contribution in [0.4, 0.5) is 0 Å². The van der Waals surface area contributed by atoms with E-state index in [0.717, 1.165) is 0 Å². The molecule has 0 heterocycles. The minimum Gasteiger partial charge on any atom is -0.263 e. The largest absolute Gasteiger partial charge is 0.432 e. The third kappa shape index (κ3) is 14.9. The predicted molar refractivity (Wildman–Crippen MR) is 34.2 cm³/mol. The normalized spacial score (nSPS) is 12.4. The summed E-state index contributed by atoms with van der Waals surface area (Å²) in [6, 6.07) is 0. The van der Waals surface area contributed by atoms with Crippen LogP contribution in [0.5, 0.6) is 0 Å². The SMILES string of the molecule is O=S(=O)(O)OS(=O)(=O)OS(=O)(=O)O.[Rh].[Rh]. The van der Waals surface area contributed by atoms with Gasteiger partial charge in [0.15, 0.2) is 0 Å². The van der Waals surface area contributed by atoms with Gasteiger partial charge in [0.2, 0.25) is 0 Å². The Labute approximate surface area is 111 Å². The third-order valence-corrected chi connectivity index (χ3v) is 3.05. The van der Waals surface area contributed by atoms with Crippen LogP contribution in [0.15, 0.2) is 0 Å². The Morgan fingerprint density at radius 2 is 0.867 bits per heavy atom. The molecule has 10 nitrogen and oxygen atoms in total. The molecule has 0 amide bonds. The number of rotatable bonds is 4. The fourth-order valence-electron chi connectivity index (χ4n) is 0.222. The van der Waals surface area contributed by atoms with Gasteiger partial charge in [0, 0.05) is 39.0 Å². The summed E-state index contributed by atoms with van der Waals surface area (Å²) in [6.07, 6.45) is 0. The van der Waals surface area contributed by atoms with E-state index in [4.69, 9.17) is 9.11 Å². The van der Waals surface area contributed by atoms with E-state index in [2.05, 4.69) is 7.26 Å². The van der Waals surface area contributed by atoms with E-state index in [1.807, 2.05) is 0 Å². The van der Waals surface area contributed by atoms with Crippen molar-refractivity contribution in [2.45, 2.75) is 0 Å². The Morgan fingerprint density at radius 1 is 0.667 bits per heavy atom. The molecule has 0 rings (SSSR count). The van der Waals surface area contributed by atoms with E-state index in [9.17, 15) is 25.3 Å². The van der Waals surface area contributed by atoms with Crippen LogP contribution >= 0.6 is 0 Å². The minimum atomic E-state index is -5.57. The molecule has 0 aromatic carbocycles. The van der Waals surface area contributed by atoms with Crippen molar-refractivity contribution < 1.29 is 80.6 Å². The van der Waals surface area contributed by atoms with Crippen LogP contribution in [-0.4, -0.2) is 34.4 Å². The maximum atomic E-state index is 10.1. The van der Waals surface area contributed by atoms with Crippen molar-refractivity contribution in [1.82, 2.24) is 0 Å². The molecule has 0 spiro atoms. The van der Waals surface area contributed by atoms with Gasteiger partial charge in [-0.3, -0.25) is 9.11 Å². The summed E-state index contributed by atoms with van der Waals surface area (Å²) in [5.41, 5.74) is 0. The summed E-state index contributed by atoms with van der Waals surface area (Å²) < 4.78 is 80.2. The van der Waals surface area contributed by atoms with E-state index in [0.29, 0.717) is 0 Å². The van der Waals surface area contributed by atoms with E-state index < -0.39 is 31.2 Å². The zero-order valence-electron chi connectivity index (χ0n) is 6.05. The van der Waals surface area contributed by atoms with Gasteiger partial charge in [0.05, 0.1) is 0 Å². The molecular weight excluding hydrogens is 462 g/mol. The standard InChI is InChI=1S/H2O10S3.2Rh/c1-11(2,3)9-13(7,8)10-12(4,5)6;;/h(H,1,2,3)(H,4,5,6);;. The van der Waals surface area contributed by atoms with Crippen LogP contribution in [0.25, 0.3) is 0 Å². The zero-order chi connectivity index (χ0) is 10.9. The molecule has 0 aliphatic heterocycles. The maximum Gasteiger partial charge on any atom is 0.432 e. The predicted octanol–water partition coefficient (Wildman–Crippen LogP) is -2.13. The van der Waals surface area contributed by atoms with Gasteiger partial charge in [-0.15, -0.1) is 0 Å². The number of hydrogen-bond donors (Lipinski definition) is 2. The van der Waals surface area contributed by atoms with Gasteiger partial charge in [0.1, 0.15) is 0 Å². The fourth-order valence-corrected chi connectivity index (χ4v) is 2.20. The zero-order valence-corrected chi connectivity index (χ0v) is 11.8. The van der Waals surface area contributed by atoms with Gasteiger partial charge in [-0.2, -0.15) is 25.3 Å². The molecule has 0 aliphatic rings. The first-order valence-electron chi connectivity index (χ1n) is 2.03. The molecule has 0 saturated heterocycles. The van der Waals surface area contributed by atoms with Crippen LogP contribution in [-0.2, 0) is 77.4 Å². The first-order valence-corrected chi connectivity index (χ1v) is 6.10. The Morgan fingerprint density at radius 3 is 1.00 bits per heavy atom. The first-order chi connectivity index (χ1) is 5.41. The van der Waals surface area contributed by atoms with Gasteiger partial charge in [-0.25, -0.2) is 0 Å². The van der Waals surface area contributed by atoms with Crippen molar-refractivity contribution in [2.24, 2.45) is 0 Å². The Bertz CT molecular complexity index is 423. The summed E-state index contributed by atoms with van der Waals surface area (Å²) in [5, 5.41) is 0. The molecule has 0 aliphatic carbocycles. The molecule has 0 unspecified atom stereocenters. The average molecular weight is 464 g/mol. The molecular formula is H2O10Rh2S3. The summed E-state index contributed by atoms with van der Waals surface area (Å²) >= 11 is 0. The van der Waals surface area contributed by atoms with Crippen molar-refractivity contribution in [1.29, 1.82) is 0 Å². The van der Waals surface area contributed by atoms with Crippen molar-refractivity contribution in [3.05, 3.63) is 0 Å². The smallest absolute Gasteiger partial charge is 0.263 e. The van der Waals surface area contributed by atoms with Gasteiger partial charge in [0.25, 0.3) is 0 Å². The second-order valence-electron chi connectivity index (χ2n) is 1.40. The molecule has 15 heavy (non-hydrogen) atoms. The van der Waals surface area contributed by atoms with Crippen molar-refractivity contribution in [2.75, 3.05) is 0 Å². The van der Waals surface area contributed by atoms with Crippen molar-refractivity contribution in [3.63, 3.8) is 0 Å². The van der Waals surface area contributed by atoms with Gasteiger partial charge >= 0.3 is 31.2 Å². The van der Waals surface area contributed by atoms with Crippen LogP contribution in [0.2, 0.25) is 0 Å². The molecule has 0 bridgehead atoms. The van der Waals surface area contributed by atoms with Crippen molar-refractivity contribution >= 4 is 31.2 Å². The number of hydrogen-bond acceptors (Lipinski definition) is 8. The van der Waals surface area contributed by atoms with Gasteiger partial charge in [-0.05, 0) is 0 Å². The molecule has 0 fully saturated rings. The molecule has 0 aromatic heterocycles. The minimum absolute atomic E-state index is 0. The Balaban J connectivity index is -0.000000720. The quantitative estimate of drug-likeness (QED) is 0.347. The topological polar surface area (TPSA) is 161 Å². The van der Waals surface area contributed by atoms with E-state index in [1.165, 1.54) is 0 Å². The molecule has 0 aromatic rings. The van der Waals surface area contributed by atoms with E-state index in [-0.39, 0.29) is 39.0 Å². The molecule has 2 radical (unpaired) electrons. The summed E-state index contributed by atoms with van der Waals surface area (Å²) in [7, 11) is -16.5. The third-order valence-electron chi connectivity index (χ3n) is 0.339. The molecule has 98 valence electrons. The average Bonchev–Trinajstić information content (AvgIpc) is 1.43. The maximum absolute atomic E-state index is 10.1. The van der Waals surface area contributed by atoms with Crippen LogP contribution in [0.3, 0.4) is 0 Å². The van der Waals surface area contributed by atoms with Gasteiger partial charge < -0.3 is 0 Å². The second kappa shape index (κ2) is 6.62. The van der Waals surface area contributed by atoms with Crippen molar-refractivity contribution in [3.8, 4) is 0 Å².